The van der Waals surface area contributed by atoms with Gasteiger partial charge in [-0.05, 0) is 6.92 Å². The Hall–Kier alpha value is -1.76. The quantitative estimate of drug-likeness (QED) is 0.524. The van der Waals surface area contributed by atoms with E-state index in [0.717, 1.165) is 4.57 Å². The van der Waals surface area contributed by atoms with E-state index in [4.69, 9.17) is 5.73 Å². The van der Waals surface area contributed by atoms with Crippen LogP contribution in [0.4, 0.5) is 11.5 Å². The number of rotatable bonds is 2. The summed E-state index contributed by atoms with van der Waals surface area (Å²) in [5, 5.41) is 9.99. The van der Waals surface area contributed by atoms with Crippen molar-refractivity contribution < 1.29 is 5.21 Å². The molecule has 78 valence electrons. The maximum absolute atomic E-state index is 11.3. The Kier molecular flexibility index (Phi) is 2.61. The Labute approximate surface area is 79.3 Å². The van der Waals surface area contributed by atoms with E-state index in [0.29, 0.717) is 5.06 Å². The highest BCUT2D eigenvalue weighted by Gasteiger charge is 2.12. The summed E-state index contributed by atoms with van der Waals surface area (Å²) < 4.78 is 0.836. The minimum absolute atomic E-state index is 0.0689. The SMILES string of the molecule is CCN(O)c1[nH]c(=O)n(C)c(=O)c1N. The van der Waals surface area contributed by atoms with Crippen molar-refractivity contribution in [1.82, 2.24) is 9.55 Å². The second kappa shape index (κ2) is 3.54. The molecule has 0 aliphatic carbocycles. The summed E-state index contributed by atoms with van der Waals surface area (Å²) in [6.45, 7) is 1.86. The fourth-order valence-corrected chi connectivity index (χ4v) is 0.988. The summed E-state index contributed by atoms with van der Waals surface area (Å²) in [6, 6.07) is 0. The number of hydrogen-bond donors (Lipinski definition) is 3. The fraction of sp³-hybridized carbons (Fsp3) is 0.429. The van der Waals surface area contributed by atoms with Crippen molar-refractivity contribution in [2.24, 2.45) is 7.05 Å². The first kappa shape index (κ1) is 10.3. The summed E-state index contributed by atoms with van der Waals surface area (Å²) in [7, 11) is 1.30. The standard InChI is InChI=1S/C7H12N4O3/c1-3-11(14)5-4(8)6(12)10(2)7(13)9-5/h14H,3,8H2,1-2H3,(H,9,13). The van der Waals surface area contributed by atoms with E-state index in [1.165, 1.54) is 7.05 Å². The van der Waals surface area contributed by atoms with E-state index in [1.54, 1.807) is 6.92 Å². The first-order valence-corrected chi connectivity index (χ1v) is 4.04. The Bertz CT molecular complexity index is 447. The molecule has 1 rings (SSSR count). The summed E-state index contributed by atoms with van der Waals surface area (Å²) >= 11 is 0. The summed E-state index contributed by atoms with van der Waals surface area (Å²) in [5.74, 6) is -0.0689. The lowest BCUT2D eigenvalue weighted by Crippen LogP contribution is -2.37. The molecule has 14 heavy (non-hydrogen) atoms. The van der Waals surface area contributed by atoms with Gasteiger partial charge in [0, 0.05) is 13.6 Å². The van der Waals surface area contributed by atoms with Crippen molar-refractivity contribution in [3.8, 4) is 0 Å². The van der Waals surface area contributed by atoms with Gasteiger partial charge in [0.2, 0.25) is 0 Å². The van der Waals surface area contributed by atoms with Gasteiger partial charge in [0.05, 0.1) is 0 Å². The third-order valence-corrected chi connectivity index (χ3v) is 1.88. The van der Waals surface area contributed by atoms with Gasteiger partial charge in [-0.15, -0.1) is 0 Å². The molecular formula is C7H12N4O3. The van der Waals surface area contributed by atoms with Crippen molar-refractivity contribution in [3.05, 3.63) is 20.8 Å². The largest absolute Gasteiger partial charge is 0.391 e. The third kappa shape index (κ3) is 1.49. The van der Waals surface area contributed by atoms with Crippen LogP contribution >= 0.6 is 0 Å². The zero-order valence-corrected chi connectivity index (χ0v) is 7.94. The van der Waals surface area contributed by atoms with Crippen LogP contribution in [-0.4, -0.2) is 21.3 Å². The van der Waals surface area contributed by atoms with Crippen LogP contribution in [0.15, 0.2) is 9.59 Å². The van der Waals surface area contributed by atoms with Crippen LogP contribution in [0.3, 0.4) is 0 Å². The van der Waals surface area contributed by atoms with Gasteiger partial charge in [0.15, 0.2) is 5.82 Å². The number of nitrogens with zero attached hydrogens (tertiary/aromatic N) is 2. The van der Waals surface area contributed by atoms with Gasteiger partial charge in [0.1, 0.15) is 5.69 Å². The van der Waals surface area contributed by atoms with Crippen molar-refractivity contribution in [2.45, 2.75) is 6.92 Å². The molecule has 0 fully saturated rings. The number of nitrogen functional groups attached to an aromatic ring is 1. The van der Waals surface area contributed by atoms with Crippen LogP contribution in [0.5, 0.6) is 0 Å². The van der Waals surface area contributed by atoms with Gasteiger partial charge in [-0.2, -0.15) is 0 Å². The molecule has 0 aromatic carbocycles. The monoisotopic (exact) mass is 200 g/mol. The highest BCUT2D eigenvalue weighted by Crippen LogP contribution is 2.10. The number of hydroxylamine groups is 1. The molecule has 0 saturated heterocycles. The molecule has 4 N–H and O–H groups in total. The third-order valence-electron chi connectivity index (χ3n) is 1.88. The van der Waals surface area contributed by atoms with Crippen molar-refractivity contribution in [1.29, 1.82) is 0 Å². The van der Waals surface area contributed by atoms with Crippen LogP contribution < -0.4 is 22.0 Å². The molecule has 1 heterocycles. The molecule has 7 nitrogen and oxygen atoms in total. The molecule has 1 aromatic rings. The topological polar surface area (TPSA) is 104 Å². The van der Waals surface area contributed by atoms with Gasteiger partial charge in [-0.25, -0.2) is 9.86 Å². The number of aromatic amines is 1. The Morgan fingerprint density at radius 1 is 1.57 bits per heavy atom. The lowest BCUT2D eigenvalue weighted by Gasteiger charge is -2.15. The molecule has 0 unspecified atom stereocenters. The number of hydrogen-bond acceptors (Lipinski definition) is 5. The predicted molar refractivity (Wildman–Crippen MR) is 51.5 cm³/mol. The molecule has 0 bridgehead atoms. The highest BCUT2D eigenvalue weighted by atomic mass is 16.5. The molecule has 0 spiro atoms. The minimum atomic E-state index is -0.628. The Morgan fingerprint density at radius 2 is 2.14 bits per heavy atom. The molecule has 0 aliphatic rings. The number of aromatic nitrogens is 2. The number of nitrogens with two attached hydrogens (primary N) is 1. The van der Waals surface area contributed by atoms with Crippen LogP contribution in [0.1, 0.15) is 6.92 Å². The molecule has 0 atom stereocenters. The maximum atomic E-state index is 11.3. The summed E-state index contributed by atoms with van der Waals surface area (Å²) in [5.41, 5.74) is 3.99. The van der Waals surface area contributed by atoms with Gasteiger partial charge in [-0.3, -0.25) is 19.6 Å². The van der Waals surface area contributed by atoms with Crippen molar-refractivity contribution in [3.63, 3.8) is 0 Å². The predicted octanol–water partition coefficient (Wildman–Crippen LogP) is -1.13. The highest BCUT2D eigenvalue weighted by molar-refractivity contribution is 5.59. The lowest BCUT2D eigenvalue weighted by molar-refractivity contribution is 0.256. The summed E-state index contributed by atoms with van der Waals surface area (Å²) in [4.78, 5) is 24.8. The second-order valence-corrected chi connectivity index (χ2v) is 2.77. The Balaban J connectivity index is 3.49. The molecule has 0 saturated carbocycles. The second-order valence-electron chi connectivity index (χ2n) is 2.77. The molecule has 0 radical (unpaired) electrons. The fourth-order valence-electron chi connectivity index (χ4n) is 0.988. The van der Waals surface area contributed by atoms with Gasteiger partial charge >= 0.3 is 5.69 Å². The van der Waals surface area contributed by atoms with Gasteiger partial charge < -0.3 is 5.73 Å². The van der Waals surface area contributed by atoms with E-state index in [-0.39, 0.29) is 18.1 Å². The van der Waals surface area contributed by atoms with Crippen LogP contribution in [0, 0.1) is 0 Å². The average molecular weight is 200 g/mol. The average Bonchev–Trinajstić information content (AvgIpc) is 2.19. The molecule has 0 aliphatic heterocycles. The van der Waals surface area contributed by atoms with Crippen LogP contribution in [-0.2, 0) is 7.05 Å². The smallest absolute Gasteiger partial charge is 0.329 e. The van der Waals surface area contributed by atoms with Crippen LogP contribution in [0.2, 0.25) is 0 Å². The lowest BCUT2D eigenvalue weighted by atomic mass is 10.4. The van der Waals surface area contributed by atoms with E-state index >= 15 is 0 Å². The van der Waals surface area contributed by atoms with E-state index in [2.05, 4.69) is 4.98 Å². The van der Waals surface area contributed by atoms with E-state index < -0.39 is 11.2 Å². The van der Waals surface area contributed by atoms with E-state index in [1.807, 2.05) is 0 Å². The molecule has 1 aromatic heterocycles. The van der Waals surface area contributed by atoms with Crippen LogP contribution in [0.25, 0.3) is 0 Å². The first-order valence-electron chi connectivity index (χ1n) is 4.04. The molecular weight excluding hydrogens is 188 g/mol. The van der Waals surface area contributed by atoms with Gasteiger partial charge in [0.25, 0.3) is 5.56 Å². The molecule has 0 amide bonds. The maximum Gasteiger partial charge on any atom is 0.329 e. The normalized spacial score (nSPS) is 10.2. The summed E-state index contributed by atoms with van der Waals surface area (Å²) in [6.07, 6.45) is 0. The minimum Gasteiger partial charge on any atom is -0.391 e. The number of H-pyrrole nitrogens is 1. The number of nitrogens with one attached hydrogen (secondary N) is 1. The van der Waals surface area contributed by atoms with E-state index in [9.17, 15) is 14.8 Å². The first-order chi connectivity index (χ1) is 6.49. The van der Waals surface area contributed by atoms with Gasteiger partial charge in [-0.1, -0.05) is 0 Å². The van der Waals surface area contributed by atoms with Crippen molar-refractivity contribution in [2.75, 3.05) is 17.3 Å². The molecule has 7 heteroatoms. The van der Waals surface area contributed by atoms with Crippen molar-refractivity contribution >= 4 is 11.5 Å². The zero-order valence-electron chi connectivity index (χ0n) is 7.94. The zero-order chi connectivity index (χ0) is 10.9. The number of anilines is 2. The Morgan fingerprint density at radius 3 is 2.64 bits per heavy atom.